The zero-order valence-electron chi connectivity index (χ0n) is 11.3. The van der Waals surface area contributed by atoms with Gasteiger partial charge in [0.1, 0.15) is 0 Å². The molecule has 1 N–H and O–H groups in total. The molecule has 3 unspecified atom stereocenters. The van der Waals surface area contributed by atoms with Crippen molar-refractivity contribution in [3.05, 3.63) is 0 Å². The summed E-state index contributed by atoms with van der Waals surface area (Å²) in [5.74, 6) is 2.95. The SMILES string of the molecule is CC1C2CNCC2CN1CCC1CCCCC1. The van der Waals surface area contributed by atoms with Crippen LogP contribution in [0.2, 0.25) is 0 Å². The molecule has 1 saturated carbocycles. The van der Waals surface area contributed by atoms with Crippen molar-refractivity contribution < 1.29 is 0 Å². The van der Waals surface area contributed by atoms with Gasteiger partial charge in [0, 0.05) is 12.6 Å². The maximum Gasteiger partial charge on any atom is 0.0111 e. The van der Waals surface area contributed by atoms with Crippen molar-refractivity contribution in [2.75, 3.05) is 26.2 Å². The molecule has 0 spiro atoms. The highest BCUT2D eigenvalue weighted by atomic mass is 15.2. The van der Waals surface area contributed by atoms with E-state index in [9.17, 15) is 0 Å². The molecule has 0 aromatic rings. The average Bonchev–Trinajstić information content (AvgIpc) is 2.92. The fraction of sp³-hybridized carbons (Fsp3) is 1.00. The first-order valence-corrected chi connectivity index (χ1v) is 7.79. The van der Waals surface area contributed by atoms with Crippen LogP contribution in [0.15, 0.2) is 0 Å². The summed E-state index contributed by atoms with van der Waals surface area (Å²) in [7, 11) is 0. The van der Waals surface area contributed by atoms with Crippen LogP contribution in [-0.4, -0.2) is 37.1 Å². The maximum absolute atomic E-state index is 3.55. The van der Waals surface area contributed by atoms with E-state index < -0.39 is 0 Å². The van der Waals surface area contributed by atoms with Crippen molar-refractivity contribution in [1.29, 1.82) is 0 Å². The van der Waals surface area contributed by atoms with Crippen LogP contribution in [-0.2, 0) is 0 Å². The summed E-state index contributed by atoms with van der Waals surface area (Å²) < 4.78 is 0. The van der Waals surface area contributed by atoms with Crippen molar-refractivity contribution in [3.8, 4) is 0 Å². The Morgan fingerprint density at radius 1 is 1.12 bits per heavy atom. The molecule has 2 aliphatic heterocycles. The molecule has 17 heavy (non-hydrogen) atoms. The van der Waals surface area contributed by atoms with Gasteiger partial charge in [-0.15, -0.1) is 0 Å². The summed E-state index contributed by atoms with van der Waals surface area (Å²) in [6.45, 7) is 7.74. The lowest BCUT2D eigenvalue weighted by Crippen LogP contribution is -2.34. The monoisotopic (exact) mass is 236 g/mol. The van der Waals surface area contributed by atoms with Crippen molar-refractivity contribution in [1.82, 2.24) is 10.2 Å². The molecule has 98 valence electrons. The normalized spacial score (nSPS) is 39.7. The molecular formula is C15H28N2. The van der Waals surface area contributed by atoms with E-state index in [1.165, 1.54) is 64.7 Å². The molecular weight excluding hydrogens is 208 g/mol. The third kappa shape index (κ3) is 2.53. The van der Waals surface area contributed by atoms with Crippen molar-refractivity contribution in [2.45, 2.75) is 51.5 Å². The average molecular weight is 236 g/mol. The molecule has 0 aromatic heterocycles. The van der Waals surface area contributed by atoms with E-state index in [0.717, 1.165) is 23.8 Å². The van der Waals surface area contributed by atoms with Gasteiger partial charge in [-0.2, -0.15) is 0 Å². The molecule has 3 rings (SSSR count). The smallest absolute Gasteiger partial charge is 0.0111 e. The molecule has 0 radical (unpaired) electrons. The summed E-state index contributed by atoms with van der Waals surface area (Å²) in [6, 6.07) is 0.832. The van der Waals surface area contributed by atoms with E-state index in [1.807, 2.05) is 0 Å². The second-order valence-corrected chi connectivity index (χ2v) is 6.61. The molecule has 2 saturated heterocycles. The number of hydrogen-bond donors (Lipinski definition) is 1. The van der Waals surface area contributed by atoms with Gasteiger partial charge >= 0.3 is 0 Å². The lowest BCUT2D eigenvalue weighted by Gasteiger charge is -2.28. The van der Waals surface area contributed by atoms with E-state index in [0.29, 0.717) is 0 Å². The number of nitrogens with one attached hydrogen (secondary N) is 1. The van der Waals surface area contributed by atoms with Crippen molar-refractivity contribution in [3.63, 3.8) is 0 Å². The Labute approximate surface area is 106 Å². The quantitative estimate of drug-likeness (QED) is 0.810. The van der Waals surface area contributed by atoms with Gasteiger partial charge in [-0.1, -0.05) is 32.1 Å². The molecule has 1 aliphatic carbocycles. The third-order valence-corrected chi connectivity index (χ3v) is 5.61. The van der Waals surface area contributed by atoms with Crippen LogP contribution in [0.4, 0.5) is 0 Å². The Morgan fingerprint density at radius 2 is 1.94 bits per heavy atom. The second kappa shape index (κ2) is 5.27. The number of rotatable bonds is 3. The van der Waals surface area contributed by atoms with Crippen LogP contribution in [0.3, 0.4) is 0 Å². The van der Waals surface area contributed by atoms with Crippen LogP contribution >= 0.6 is 0 Å². The number of fused-ring (bicyclic) bond motifs is 1. The molecule has 0 aromatic carbocycles. The Kier molecular flexibility index (Phi) is 3.72. The van der Waals surface area contributed by atoms with Crippen LogP contribution in [0.1, 0.15) is 45.4 Å². The highest BCUT2D eigenvalue weighted by Gasteiger charge is 2.41. The summed E-state index contributed by atoms with van der Waals surface area (Å²) in [5.41, 5.74) is 0. The van der Waals surface area contributed by atoms with Gasteiger partial charge in [-0.05, 0) is 50.7 Å². The first kappa shape index (κ1) is 12.0. The van der Waals surface area contributed by atoms with Gasteiger partial charge in [0.25, 0.3) is 0 Å². The highest BCUT2D eigenvalue weighted by Crippen LogP contribution is 2.33. The Balaban J connectivity index is 1.46. The molecule has 3 fully saturated rings. The Hall–Kier alpha value is -0.0800. The predicted octanol–water partition coefficient (Wildman–Crippen LogP) is 2.50. The maximum atomic E-state index is 3.55. The minimum Gasteiger partial charge on any atom is -0.316 e. The minimum absolute atomic E-state index is 0.832. The van der Waals surface area contributed by atoms with E-state index in [4.69, 9.17) is 0 Å². The van der Waals surface area contributed by atoms with E-state index in [-0.39, 0.29) is 0 Å². The van der Waals surface area contributed by atoms with E-state index in [2.05, 4.69) is 17.1 Å². The van der Waals surface area contributed by atoms with E-state index >= 15 is 0 Å². The van der Waals surface area contributed by atoms with Gasteiger partial charge in [0.2, 0.25) is 0 Å². The first-order valence-electron chi connectivity index (χ1n) is 7.79. The molecule has 0 bridgehead atoms. The Bertz CT molecular complexity index is 247. The van der Waals surface area contributed by atoms with Gasteiger partial charge in [0.05, 0.1) is 0 Å². The zero-order chi connectivity index (χ0) is 11.7. The fourth-order valence-corrected chi connectivity index (χ4v) is 4.38. The fourth-order valence-electron chi connectivity index (χ4n) is 4.38. The van der Waals surface area contributed by atoms with Crippen LogP contribution < -0.4 is 5.32 Å². The molecule has 3 aliphatic rings. The third-order valence-electron chi connectivity index (χ3n) is 5.61. The second-order valence-electron chi connectivity index (χ2n) is 6.61. The van der Waals surface area contributed by atoms with E-state index in [1.54, 1.807) is 0 Å². The zero-order valence-corrected chi connectivity index (χ0v) is 11.3. The highest BCUT2D eigenvalue weighted by molar-refractivity contribution is 4.96. The van der Waals surface area contributed by atoms with Crippen molar-refractivity contribution >= 4 is 0 Å². The van der Waals surface area contributed by atoms with Gasteiger partial charge in [-0.25, -0.2) is 0 Å². The lowest BCUT2D eigenvalue weighted by molar-refractivity contribution is 0.208. The summed E-state index contributed by atoms with van der Waals surface area (Å²) in [6.07, 6.45) is 8.97. The molecule has 2 nitrogen and oxygen atoms in total. The predicted molar refractivity (Wildman–Crippen MR) is 72.1 cm³/mol. The topological polar surface area (TPSA) is 15.3 Å². The molecule has 2 heteroatoms. The van der Waals surface area contributed by atoms with Crippen molar-refractivity contribution in [2.24, 2.45) is 17.8 Å². The molecule has 0 amide bonds. The number of hydrogen-bond acceptors (Lipinski definition) is 2. The molecule has 2 heterocycles. The van der Waals surface area contributed by atoms with Crippen LogP contribution in [0.5, 0.6) is 0 Å². The van der Waals surface area contributed by atoms with Crippen LogP contribution in [0.25, 0.3) is 0 Å². The summed E-state index contributed by atoms with van der Waals surface area (Å²) >= 11 is 0. The minimum atomic E-state index is 0.832. The molecule has 3 atom stereocenters. The van der Waals surface area contributed by atoms with Crippen LogP contribution in [0, 0.1) is 17.8 Å². The lowest BCUT2D eigenvalue weighted by atomic mass is 9.87. The standard InChI is InChI=1S/C15H28N2/c1-12-15-10-16-9-14(15)11-17(12)8-7-13-5-3-2-4-6-13/h12-16H,2-11H2,1H3. The first-order chi connectivity index (χ1) is 8.34. The number of nitrogens with zero attached hydrogens (tertiary/aromatic N) is 1. The summed E-state index contributed by atoms with van der Waals surface area (Å²) in [5, 5.41) is 3.55. The Morgan fingerprint density at radius 3 is 2.71 bits per heavy atom. The van der Waals surface area contributed by atoms with Gasteiger partial charge in [0.15, 0.2) is 0 Å². The van der Waals surface area contributed by atoms with Gasteiger partial charge in [-0.3, -0.25) is 4.90 Å². The summed E-state index contributed by atoms with van der Waals surface area (Å²) in [4.78, 5) is 2.78. The number of likely N-dealkylation sites (tertiary alicyclic amines) is 1. The largest absolute Gasteiger partial charge is 0.316 e. The van der Waals surface area contributed by atoms with Gasteiger partial charge < -0.3 is 5.32 Å².